The lowest BCUT2D eigenvalue weighted by molar-refractivity contribution is -0.137. The summed E-state index contributed by atoms with van der Waals surface area (Å²) in [5.74, 6) is -0.698. The summed E-state index contributed by atoms with van der Waals surface area (Å²) >= 11 is 9.52. The predicted molar refractivity (Wildman–Crippen MR) is 96.4 cm³/mol. The van der Waals surface area contributed by atoms with Crippen LogP contribution in [0.15, 0.2) is 22.8 Å². The Labute approximate surface area is 149 Å². The summed E-state index contributed by atoms with van der Waals surface area (Å²) in [5, 5.41) is 20.6. The maximum atomic E-state index is 11.2. The van der Waals surface area contributed by atoms with Crippen molar-refractivity contribution >= 4 is 44.4 Å². The molecule has 1 atom stereocenters. The van der Waals surface area contributed by atoms with E-state index in [9.17, 15) is 15.0 Å². The molecule has 6 heteroatoms. The van der Waals surface area contributed by atoms with Gasteiger partial charge in [0, 0.05) is 22.1 Å². The van der Waals surface area contributed by atoms with Gasteiger partial charge in [-0.3, -0.25) is 4.79 Å². The normalized spacial score (nSPS) is 12.7. The van der Waals surface area contributed by atoms with Gasteiger partial charge in [0.05, 0.1) is 17.0 Å². The molecule has 1 heterocycles. The second kappa shape index (κ2) is 8.06. The Kier molecular flexibility index (Phi) is 6.36. The summed E-state index contributed by atoms with van der Waals surface area (Å²) in [6.07, 6.45) is 6.75. The first-order valence-corrected chi connectivity index (χ1v) is 9.01. The number of aromatic hydroxyl groups is 1. The Morgan fingerprint density at radius 1 is 1.35 bits per heavy atom. The van der Waals surface area contributed by atoms with E-state index in [-0.39, 0.29) is 18.2 Å². The maximum absolute atomic E-state index is 11.2. The van der Waals surface area contributed by atoms with Crippen molar-refractivity contribution in [2.24, 2.45) is 0 Å². The smallest absolute Gasteiger partial charge is 0.305 e. The van der Waals surface area contributed by atoms with E-state index >= 15 is 0 Å². The van der Waals surface area contributed by atoms with Crippen LogP contribution in [0, 0.1) is 0 Å². The molecule has 4 nitrogen and oxygen atoms in total. The van der Waals surface area contributed by atoms with Crippen LogP contribution in [-0.4, -0.2) is 20.7 Å². The van der Waals surface area contributed by atoms with Gasteiger partial charge in [-0.1, -0.05) is 44.2 Å². The average Bonchev–Trinajstić information content (AvgIpc) is 2.79. The van der Waals surface area contributed by atoms with E-state index in [1.807, 2.05) is 4.57 Å². The molecule has 0 saturated heterocycles. The van der Waals surface area contributed by atoms with Crippen LogP contribution in [0.25, 0.3) is 10.9 Å². The monoisotopic (exact) mass is 401 g/mol. The fourth-order valence-electron chi connectivity index (χ4n) is 2.88. The first kappa shape index (κ1) is 18.1. The van der Waals surface area contributed by atoms with Crippen LogP contribution < -0.4 is 0 Å². The van der Waals surface area contributed by atoms with Gasteiger partial charge in [-0.25, -0.2) is 0 Å². The molecule has 1 aromatic carbocycles. The number of hydrogen-bond acceptors (Lipinski definition) is 2. The first-order chi connectivity index (χ1) is 10.9. The van der Waals surface area contributed by atoms with E-state index in [1.54, 1.807) is 18.3 Å². The average molecular weight is 403 g/mol. The first-order valence-electron chi connectivity index (χ1n) is 7.84. The number of hydrogen-bond donors (Lipinski definition) is 2. The van der Waals surface area contributed by atoms with Crippen molar-refractivity contribution in [3.05, 3.63) is 27.8 Å². The number of carbonyl (C=O) groups is 1. The number of unbranched alkanes of at least 4 members (excludes halogenated alkanes) is 3. The van der Waals surface area contributed by atoms with Crippen LogP contribution in [0.1, 0.15) is 51.5 Å². The Bertz CT molecular complexity index is 699. The van der Waals surface area contributed by atoms with Crippen molar-refractivity contribution in [3.8, 4) is 5.75 Å². The molecule has 0 saturated carbocycles. The fourth-order valence-corrected chi connectivity index (χ4v) is 3.38. The summed E-state index contributed by atoms with van der Waals surface area (Å²) < 4.78 is 2.56. The molecule has 126 valence electrons. The van der Waals surface area contributed by atoms with Crippen molar-refractivity contribution in [2.75, 3.05) is 0 Å². The van der Waals surface area contributed by atoms with Gasteiger partial charge in [0.15, 0.2) is 0 Å². The zero-order valence-electron chi connectivity index (χ0n) is 13.1. The number of carboxylic acids is 1. The number of nitrogens with zero attached hydrogens (tertiary/aromatic N) is 1. The number of carboxylic acid groups (broad SMARTS) is 1. The summed E-state index contributed by atoms with van der Waals surface area (Å²) in [4.78, 5) is 11.2. The Morgan fingerprint density at radius 3 is 2.74 bits per heavy atom. The highest BCUT2D eigenvalue weighted by Gasteiger charge is 2.20. The number of aliphatic carboxylic acids is 1. The van der Waals surface area contributed by atoms with Crippen LogP contribution in [-0.2, 0) is 4.79 Å². The van der Waals surface area contributed by atoms with E-state index in [0.717, 1.165) is 37.6 Å². The fraction of sp³-hybridized carbons (Fsp3) is 0.471. The van der Waals surface area contributed by atoms with Gasteiger partial charge in [0.25, 0.3) is 0 Å². The van der Waals surface area contributed by atoms with Crippen molar-refractivity contribution in [3.63, 3.8) is 0 Å². The highest BCUT2D eigenvalue weighted by molar-refractivity contribution is 9.10. The number of fused-ring (bicyclic) bond motifs is 1. The van der Waals surface area contributed by atoms with Gasteiger partial charge in [-0.05, 0) is 34.5 Å². The van der Waals surface area contributed by atoms with Gasteiger partial charge < -0.3 is 14.8 Å². The van der Waals surface area contributed by atoms with Gasteiger partial charge >= 0.3 is 5.97 Å². The van der Waals surface area contributed by atoms with Crippen molar-refractivity contribution < 1.29 is 15.0 Å². The van der Waals surface area contributed by atoms with Crippen molar-refractivity contribution in [1.82, 2.24) is 4.57 Å². The van der Waals surface area contributed by atoms with Crippen LogP contribution in [0.5, 0.6) is 5.75 Å². The molecule has 0 radical (unpaired) electrons. The predicted octanol–water partition coefficient (Wildman–Crippen LogP) is 5.75. The van der Waals surface area contributed by atoms with E-state index in [2.05, 4.69) is 22.9 Å². The Morgan fingerprint density at radius 2 is 2.09 bits per heavy atom. The molecule has 23 heavy (non-hydrogen) atoms. The van der Waals surface area contributed by atoms with Crippen LogP contribution >= 0.6 is 27.5 Å². The standard InChI is InChI=1S/C17H21BrClNO3/c1-2-3-4-5-6-11(7-17(22)23)20-10-16(21)12-8-13(18)14(19)9-15(12)20/h8-11,21H,2-7H2,1H3,(H,22,23). The molecule has 0 amide bonds. The number of rotatable bonds is 8. The highest BCUT2D eigenvalue weighted by Crippen LogP contribution is 2.37. The molecule has 0 bridgehead atoms. The van der Waals surface area contributed by atoms with E-state index in [4.69, 9.17) is 11.6 Å². The molecule has 1 aromatic heterocycles. The molecule has 0 fully saturated rings. The topological polar surface area (TPSA) is 62.5 Å². The maximum Gasteiger partial charge on any atom is 0.305 e. The lowest BCUT2D eigenvalue weighted by Crippen LogP contribution is -2.13. The van der Waals surface area contributed by atoms with E-state index in [1.165, 1.54) is 0 Å². The highest BCUT2D eigenvalue weighted by atomic mass is 79.9. The van der Waals surface area contributed by atoms with Crippen LogP contribution in [0.2, 0.25) is 5.02 Å². The minimum atomic E-state index is -0.838. The number of aromatic nitrogens is 1. The van der Waals surface area contributed by atoms with Gasteiger partial charge in [-0.15, -0.1) is 0 Å². The van der Waals surface area contributed by atoms with Gasteiger partial charge in [0.1, 0.15) is 5.75 Å². The zero-order chi connectivity index (χ0) is 17.0. The summed E-state index contributed by atoms with van der Waals surface area (Å²) in [5.41, 5.74) is 0.762. The number of halogens is 2. The molecule has 2 aromatic rings. The third-order valence-corrected chi connectivity index (χ3v) is 5.25. The quantitative estimate of drug-likeness (QED) is 0.553. The third-order valence-electron chi connectivity index (χ3n) is 4.05. The summed E-state index contributed by atoms with van der Waals surface area (Å²) in [6, 6.07) is 3.34. The third kappa shape index (κ3) is 4.42. The number of benzene rings is 1. The van der Waals surface area contributed by atoms with E-state index < -0.39 is 5.97 Å². The van der Waals surface area contributed by atoms with Crippen LogP contribution in [0.4, 0.5) is 0 Å². The lowest BCUT2D eigenvalue weighted by Gasteiger charge is -2.18. The largest absolute Gasteiger partial charge is 0.506 e. The zero-order valence-corrected chi connectivity index (χ0v) is 15.4. The minimum Gasteiger partial charge on any atom is -0.506 e. The molecule has 1 unspecified atom stereocenters. The SMILES string of the molecule is CCCCCCC(CC(=O)O)n1cc(O)c2cc(Br)c(Cl)cc21. The molecular weight excluding hydrogens is 382 g/mol. The Hall–Kier alpha value is -1.20. The molecule has 0 aliphatic heterocycles. The molecular formula is C17H21BrClNO3. The van der Waals surface area contributed by atoms with Crippen LogP contribution in [0.3, 0.4) is 0 Å². The summed E-state index contributed by atoms with van der Waals surface area (Å²) in [6.45, 7) is 2.14. The van der Waals surface area contributed by atoms with Crippen molar-refractivity contribution in [1.29, 1.82) is 0 Å². The molecule has 0 spiro atoms. The molecule has 0 aliphatic carbocycles. The van der Waals surface area contributed by atoms with Crippen molar-refractivity contribution in [2.45, 2.75) is 51.5 Å². The lowest BCUT2D eigenvalue weighted by atomic mass is 10.0. The van der Waals surface area contributed by atoms with Gasteiger partial charge in [0.2, 0.25) is 0 Å². The Balaban J connectivity index is 2.35. The molecule has 2 N–H and O–H groups in total. The second-order valence-electron chi connectivity index (χ2n) is 5.81. The minimum absolute atomic E-state index is 0.0308. The van der Waals surface area contributed by atoms with Gasteiger partial charge in [-0.2, -0.15) is 0 Å². The second-order valence-corrected chi connectivity index (χ2v) is 7.07. The molecule has 0 aliphatic rings. The molecule has 2 rings (SSSR count). The summed E-state index contributed by atoms with van der Waals surface area (Å²) in [7, 11) is 0. The van der Waals surface area contributed by atoms with E-state index in [0.29, 0.717) is 14.9 Å².